The second-order valence-corrected chi connectivity index (χ2v) is 8.81. The first-order chi connectivity index (χ1) is 15.3. The second kappa shape index (κ2) is 9.63. The molecule has 2 N–H and O–H groups in total. The van der Waals surface area contributed by atoms with Crippen molar-refractivity contribution in [2.45, 2.75) is 45.0 Å². The van der Waals surface area contributed by atoms with Crippen molar-refractivity contribution in [3.63, 3.8) is 0 Å². The molecule has 3 aromatic rings. The van der Waals surface area contributed by atoms with Crippen molar-refractivity contribution in [3.05, 3.63) is 58.7 Å². The fraction of sp³-hybridized carbons (Fsp3) is 0.417. The fourth-order valence-electron chi connectivity index (χ4n) is 4.42. The summed E-state index contributed by atoms with van der Waals surface area (Å²) >= 11 is 6.49. The molecule has 172 valence electrons. The van der Waals surface area contributed by atoms with Crippen LogP contribution in [0.25, 0.3) is 10.8 Å². The third-order valence-corrected chi connectivity index (χ3v) is 6.32. The molecule has 0 amide bonds. The number of rotatable bonds is 7. The Labute approximate surface area is 189 Å². The molecule has 0 atom stereocenters. The Balaban J connectivity index is 1.45. The van der Waals surface area contributed by atoms with Crippen LogP contribution in [0.2, 0.25) is 5.02 Å². The number of alkyl halides is 3. The maximum Gasteiger partial charge on any atom is 0.573 e. The highest BCUT2D eigenvalue weighted by Crippen LogP contribution is 2.36. The molecule has 0 bridgehead atoms. The lowest BCUT2D eigenvalue weighted by Crippen LogP contribution is -2.27. The van der Waals surface area contributed by atoms with Gasteiger partial charge in [0.25, 0.3) is 0 Å². The summed E-state index contributed by atoms with van der Waals surface area (Å²) in [4.78, 5) is 0. The molecule has 0 aliphatic carbocycles. The van der Waals surface area contributed by atoms with Crippen molar-refractivity contribution in [1.29, 1.82) is 0 Å². The monoisotopic (exact) mass is 466 g/mol. The lowest BCUT2D eigenvalue weighted by molar-refractivity contribution is -0.274. The number of nitrogens with one attached hydrogen (secondary N) is 1. The molecular weight excluding hydrogens is 441 g/mol. The lowest BCUT2D eigenvalue weighted by Gasteiger charge is -2.22. The number of benzene rings is 2. The Morgan fingerprint density at radius 3 is 2.50 bits per heavy atom. The molecule has 1 fully saturated rings. The van der Waals surface area contributed by atoms with Crippen LogP contribution < -0.4 is 10.1 Å². The van der Waals surface area contributed by atoms with Crippen molar-refractivity contribution < 1.29 is 23.0 Å². The first-order valence-electron chi connectivity index (χ1n) is 10.8. The predicted molar refractivity (Wildman–Crippen MR) is 119 cm³/mol. The van der Waals surface area contributed by atoms with Crippen LogP contribution in [0.3, 0.4) is 0 Å². The van der Waals surface area contributed by atoms with Crippen LogP contribution in [-0.2, 0) is 13.0 Å². The minimum Gasteiger partial charge on any atom is -0.494 e. The van der Waals surface area contributed by atoms with Gasteiger partial charge in [0.2, 0.25) is 5.88 Å². The number of hydrogen-bond acceptors (Lipinski definition) is 3. The Bertz CT molecular complexity index is 1060. The third kappa shape index (κ3) is 5.70. The summed E-state index contributed by atoms with van der Waals surface area (Å²) in [6, 6.07) is 9.57. The third-order valence-electron chi connectivity index (χ3n) is 6.02. The van der Waals surface area contributed by atoms with Gasteiger partial charge in [-0.1, -0.05) is 30.2 Å². The first-order valence-corrected chi connectivity index (χ1v) is 11.2. The van der Waals surface area contributed by atoms with Gasteiger partial charge in [0.05, 0.1) is 17.0 Å². The number of hydrogen-bond donors (Lipinski definition) is 2. The van der Waals surface area contributed by atoms with E-state index in [1.54, 1.807) is 16.7 Å². The van der Waals surface area contributed by atoms with Crippen LogP contribution >= 0.6 is 11.6 Å². The number of nitrogens with zero attached hydrogens (tertiary/aromatic N) is 1. The van der Waals surface area contributed by atoms with E-state index in [-0.39, 0.29) is 11.6 Å². The number of halogens is 4. The van der Waals surface area contributed by atoms with Crippen LogP contribution in [-0.4, -0.2) is 29.1 Å². The van der Waals surface area contributed by atoms with E-state index in [0.29, 0.717) is 17.0 Å². The van der Waals surface area contributed by atoms with Crippen LogP contribution in [0.4, 0.5) is 13.2 Å². The van der Waals surface area contributed by atoms with Crippen molar-refractivity contribution in [3.8, 4) is 11.6 Å². The summed E-state index contributed by atoms with van der Waals surface area (Å²) in [6.45, 7) is 2.51. The van der Waals surface area contributed by atoms with Crippen molar-refractivity contribution >= 4 is 22.4 Å². The average molecular weight is 467 g/mol. The van der Waals surface area contributed by atoms with E-state index in [1.807, 2.05) is 12.3 Å². The number of ether oxygens (including phenoxy) is 1. The van der Waals surface area contributed by atoms with E-state index < -0.39 is 6.36 Å². The molecule has 0 unspecified atom stereocenters. The maximum atomic E-state index is 12.3. The SMILES string of the molecule is Oc1c2c(Cl)cc(CCCC3CCNCC3)cc2cn1Cc1ccc(OC(F)(F)F)cc1. The molecule has 1 saturated heterocycles. The summed E-state index contributed by atoms with van der Waals surface area (Å²) < 4.78 is 42.5. The summed E-state index contributed by atoms with van der Waals surface area (Å²) in [7, 11) is 0. The Morgan fingerprint density at radius 1 is 1.09 bits per heavy atom. The zero-order valence-electron chi connectivity index (χ0n) is 17.6. The Morgan fingerprint density at radius 2 is 1.81 bits per heavy atom. The zero-order chi connectivity index (χ0) is 22.7. The van der Waals surface area contributed by atoms with Gasteiger partial charge >= 0.3 is 6.36 Å². The highest BCUT2D eigenvalue weighted by Gasteiger charge is 2.31. The molecule has 32 heavy (non-hydrogen) atoms. The van der Waals surface area contributed by atoms with Crippen LogP contribution in [0.5, 0.6) is 11.6 Å². The average Bonchev–Trinajstić information content (AvgIpc) is 3.05. The molecule has 2 heterocycles. The number of aryl methyl sites for hydroxylation is 1. The summed E-state index contributed by atoms with van der Waals surface area (Å²) in [5, 5.41) is 16.0. The summed E-state index contributed by atoms with van der Waals surface area (Å²) in [5.41, 5.74) is 1.87. The highest BCUT2D eigenvalue weighted by molar-refractivity contribution is 6.36. The first kappa shape index (κ1) is 22.8. The summed E-state index contributed by atoms with van der Waals surface area (Å²) in [6.07, 6.45) is 2.82. The van der Waals surface area contributed by atoms with Crippen LogP contribution in [0.1, 0.15) is 36.8 Å². The van der Waals surface area contributed by atoms with Gasteiger partial charge in [0.1, 0.15) is 5.75 Å². The normalized spacial score (nSPS) is 15.4. The largest absolute Gasteiger partial charge is 0.573 e. The number of piperidine rings is 1. The van der Waals surface area contributed by atoms with Gasteiger partial charge in [-0.05, 0) is 80.1 Å². The van der Waals surface area contributed by atoms with Crippen molar-refractivity contribution in [2.24, 2.45) is 5.92 Å². The van der Waals surface area contributed by atoms with Crippen molar-refractivity contribution in [2.75, 3.05) is 13.1 Å². The molecule has 0 spiro atoms. The molecule has 4 rings (SSSR count). The molecule has 0 radical (unpaired) electrons. The Hall–Kier alpha value is -2.38. The van der Waals surface area contributed by atoms with Crippen molar-refractivity contribution in [1.82, 2.24) is 9.88 Å². The molecule has 2 aromatic carbocycles. The lowest BCUT2D eigenvalue weighted by atomic mass is 9.91. The Kier molecular flexibility index (Phi) is 6.86. The van der Waals surface area contributed by atoms with Gasteiger partial charge in [-0.2, -0.15) is 0 Å². The minimum absolute atomic E-state index is 0.0434. The van der Waals surface area contributed by atoms with Gasteiger partial charge < -0.3 is 19.7 Å². The van der Waals surface area contributed by atoms with Gasteiger partial charge in [0, 0.05) is 11.6 Å². The number of fused-ring (bicyclic) bond motifs is 1. The van der Waals surface area contributed by atoms with E-state index in [1.165, 1.54) is 31.4 Å². The van der Waals surface area contributed by atoms with E-state index in [9.17, 15) is 18.3 Å². The molecule has 8 heteroatoms. The van der Waals surface area contributed by atoms with E-state index in [2.05, 4.69) is 16.1 Å². The molecule has 1 aromatic heterocycles. The second-order valence-electron chi connectivity index (χ2n) is 8.40. The van der Waals surface area contributed by atoms with Gasteiger partial charge in [-0.15, -0.1) is 13.2 Å². The molecule has 0 saturated carbocycles. The molecule has 1 aliphatic heterocycles. The van der Waals surface area contributed by atoms with E-state index in [4.69, 9.17) is 11.6 Å². The smallest absolute Gasteiger partial charge is 0.494 e. The molecule has 1 aliphatic rings. The number of aromatic nitrogens is 1. The van der Waals surface area contributed by atoms with Gasteiger partial charge in [0.15, 0.2) is 0 Å². The predicted octanol–water partition coefficient (Wildman–Crippen LogP) is 6.27. The van der Waals surface area contributed by atoms with Crippen LogP contribution in [0.15, 0.2) is 42.6 Å². The molecular formula is C24H26ClF3N2O2. The fourth-order valence-corrected chi connectivity index (χ4v) is 4.75. The van der Waals surface area contributed by atoms with E-state index >= 15 is 0 Å². The standard InChI is InChI=1S/C24H26ClF3N2O2/c25-21-13-18(3-1-2-16-8-10-29-11-9-16)12-19-15-30(23(31)22(19)21)14-17-4-6-20(7-5-17)32-24(26,27)28/h4-7,12-13,15-16,29,31H,1-3,8-11,14H2. The van der Waals surface area contributed by atoms with Gasteiger partial charge in [-0.25, -0.2) is 0 Å². The van der Waals surface area contributed by atoms with E-state index in [0.717, 1.165) is 48.4 Å². The summed E-state index contributed by atoms with van der Waals surface area (Å²) in [5.74, 6) is 0.552. The highest BCUT2D eigenvalue weighted by atomic mass is 35.5. The molecule has 4 nitrogen and oxygen atoms in total. The van der Waals surface area contributed by atoms with Gasteiger partial charge in [-0.3, -0.25) is 0 Å². The topological polar surface area (TPSA) is 46.4 Å². The maximum absolute atomic E-state index is 12.3. The zero-order valence-corrected chi connectivity index (χ0v) is 18.3. The van der Waals surface area contributed by atoms with Crippen LogP contribution in [0, 0.1) is 5.92 Å². The quantitative estimate of drug-likeness (QED) is 0.431. The number of aromatic hydroxyl groups is 1. The minimum atomic E-state index is -4.72.